The van der Waals surface area contributed by atoms with E-state index in [9.17, 15) is 4.79 Å². The molecule has 2 aliphatic heterocycles. The number of hydrogen-bond acceptors (Lipinski definition) is 8. The maximum atomic E-state index is 12.3. The third-order valence-electron chi connectivity index (χ3n) is 8.44. The molecule has 1 fully saturated rings. The summed E-state index contributed by atoms with van der Waals surface area (Å²) >= 11 is 7.14. The van der Waals surface area contributed by atoms with E-state index in [-0.39, 0.29) is 34.7 Å². The molecule has 0 saturated carbocycles. The molecule has 10 heteroatoms. The van der Waals surface area contributed by atoms with Gasteiger partial charge in [0, 0.05) is 19.3 Å². The fraction of sp³-hybridized carbons (Fsp3) is 0.378. The van der Waals surface area contributed by atoms with Crippen molar-refractivity contribution in [2.24, 2.45) is 10.1 Å². The second-order valence-electron chi connectivity index (χ2n) is 13.4. The predicted molar refractivity (Wildman–Crippen MR) is 195 cm³/mol. The Morgan fingerprint density at radius 3 is 2.11 bits per heavy atom. The monoisotopic (exact) mass is 672 g/mol. The molecule has 0 amide bonds. The summed E-state index contributed by atoms with van der Waals surface area (Å²) in [5.41, 5.74) is 2.47. The lowest BCUT2D eigenvalue weighted by molar-refractivity contribution is -0.105. The third-order valence-corrected chi connectivity index (χ3v) is 13.8. The quantitative estimate of drug-likeness (QED) is 0.0803. The first-order valence-corrected chi connectivity index (χ1v) is 18.4. The van der Waals surface area contributed by atoms with Crippen molar-refractivity contribution in [1.29, 1.82) is 0 Å². The summed E-state index contributed by atoms with van der Waals surface area (Å²) < 4.78 is 13.4. The Labute approximate surface area is 284 Å². The first-order valence-electron chi connectivity index (χ1n) is 16.1. The normalized spacial score (nSPS) is 20.3. The van der Waals surface area contributed by atoms with E-state index in [2.05, 4.69) is 98.2 Å². The number of benzene rings is 3. The number of morpholine rings is 1. The van der Waals surface area contributed by atoms with Crippen LogP contribution in [0.1, 0.15) is 48.5 Å². The average molecular weight is 673 g/mol. The predicted octanol–water partition coefficient (Wildman–Crippen LogP) is 6.52. The van der Waals surface area contributed by atoms with Gasteiger partial charge in [0.1, 0.15) is 16.5 Å². The van der Waals surface area contributed by atoms with Crippen molar-refractivity contribution >= 4 is 59.9 Å². The molecular formula is C37H45ClN4O4Si. The van der Waals surface area contributed by atoms with E-state index in [1.165, 1.54) is 10.4 Å². The molecule has 2 heterocycles. The van der Waals surface area contributed by atoms with Gasteiger partial charge in [0.2, 0.25) is 0 Å². The molecule has 3 aromatic carbocycles. The zero-order valence-electron chi connectivity index (χ0n) is 28.3. The number of carbonyl (C=O) groups is 1. The van der Waals surface area contributed by atoms with E-state index in [0.717, 1.165) is 11.4 Å². The molecule has 0 aliphatic carbocycles. The Hall–Kier alpha value is -3.76. The molecule has 2 aliphatic rings. The Balaban J connectivity index is 1.66. The Morgan fingerprint density at radius 1 is 0.979 bits per heavy atom. The molecule has 8 nitrogen and oxygen atoms in total. The van der Waals surface area contributed by atoms with E-state index in [0.29, 0.717) is 30.8 Å². The molecule has 47 heavy (non-hydrogen) atoms. The van der Waals surface area contributed by atoms with Crippen molar-refractivity contribution in [3.05, 3.63) is 89.7 Å². The van der Waals surface area contributed by atoms with Gasteiger partial charge in [0.25, 0.3) is 8.32 Å². The number of halogens is 1. The average Bonchev–Trinajstić information content (AvgIpc) is 3.04. The minimum absolute atomic E-state index is 0.0147. The summed E-state index contributed by atoms with van der Waals surface area (Å²) in [6.45, 7) is 16.2. The van der Waals surface area contributed by atoms with Gasteiger partial charge in [-0.05, 0) is 55.2 Å². The number of aldehydes is 1. The molecule has 0 spiro atoms. The van der Waals surface area contributed by atoms with E-state index in [1.54, 1.807) is 6.21 Å². The number of rotatable bonds is 10. The molecule has 0 radical (unpaired) electrons. The maximum absolute atomic E-state index is 12.3. The van der Waals surface area contributed by atoms with Crippen LogP contribution < -0.4 is 25.0 Å². The fourth-order valence-electron chi connectivity index (χ4n) is 6.58. The smallest absolute Gasteiger partial charge is 0.261 e. The number of allylic oxidation sites excluding steroid dienone is 1. The Kier molecular flexibility index (Phi) is 10.7. The van der Waals surface area contributed by atoms with Gasteiger partial charge in [-0.3, -0.25) is 9.79 Å². The van der Waals surface area contributed by atoms with Gasteiger partial charge in [-0.15, -0.1) is 0 Å². The van der Waals surface area contributed by atoms with Gasteiger partial charge < -0.3 is 23.8 Å². The van der Waals surface area contributed by atoms with E-state index < -0.39 is 14.4 Å². The lowest BCUT2D eigenvalue weighted by Gasteiger charge is -2.45. The number of aliphatic imine (C=N–C) groups is 1. The van der Waals surface area contributed by atoms with Crippen molar-refractivity contribution in [2.45, 2.75) is 71.8 Å². The molecule has 3 atom stereocenters. The summed E-state index contributed by atoms with van der Waals surface area (Å²) in [4.78, 5) is 27.1. The lowest BCUT2D eigenvalue weighted by Crippen LogP contribution is -2.67. The Bertz CT molecular complexity index is 1590. The molecule has 248 valence electrons. The summed E-state index contributed by atoms with van der Waals surface area (Å²) in [5.74, 6) is 0.504. The minimum Gasteiger partial charge on any atom is -0.405 e. The topological polar surface area (TPSA) is 76.0 Å². The van der Waals surface area contributed by atoms with Crippen LogP contribution in [0.4, 0.5) is 11.4 Å². The second kappa shape index (κ2) is 14.6. The number of anilines is 2. The molecule has 1 unspecified atom stereocenters. The van der Waals surface area contributed by atoms with Gasteiger partial charge in [0.15, 0.2) is 12.0 Å². The first kappa shape index (κ1) is 34.6. The van der Waals surface area contributed by atoms with Crippen LogP contribution in [-0.2, 0) is 14.0 Å². The van der Waals surface area contributed by atoms with E-state index >= 15 is 0 Å². The SMILES string of the molecule is CC(C)=NOc1cccc(N2C[C@@H](C)O[C@@H](C)C2)c1N1C(Cl)=C(C=O)N=CC1CO[Si](c1ccccc1)(c1ccccc1)C(C)(C)C. The highest BCUT2D eigenvalue weighted by Crippen LogP contribution is 2.45. The standard InChI is InChI=1S/C37H45ClN4O4Si/c1-26(2)40-46-34-20-14-19-33(41-22-27(3)45-28(4)23-41)35(34)42-29(21-39-32(24-43)36(42)38)25-44-47(37(5,6)7,30-15-10-8-11-16-30)31-17-12-9-13-18-31/h8-21,24,27-29H,22-23,25H2,1-7H3/t27-,28+,29?. The largest absolute Gasteiger partial charge is 0.405 e. The van der Waals surface area contributed by atoms with Crippen LogP contribution in [0.25, 0.3) is 0 Å². The number of oxime groups is 1. The molecule has 3 aromatic rings. The molecular weight excluding hydrogens is 628 g/mol. The van der Waals surface area contributed by atoms with Crippen LogP contribution in [0, 0.1) is 0 Å². The van der Waals surface area contributed by atoms with Crippen LogP contribution in [0.5, 0.6) is 5.75 Å². The fourth-order valence-corrected chi connectivity index (χ4v) is 11.5. The van der Waals surface area contributed by atoms with E-state index in [4.69, 9.17) is 25.6 Å². The van der Waals surface area contributed by atoms with E-state index in [1.807, 2.05) is 49.1 Å². The molecule has 0 bridgehead atoms. The molecule has 0 N–H and O–H groups in total. The van der Waals surface area contributed by atoms with Gasteiger partial charge in [-0.25, -0.2) is 0 Å². The third kappa shape index (κ3) is 7.23. The Morgan fingerprint density at radius 2 is 1.57 bits per heavy atom. The highest BCUT2D eigenvalue weighted by atomic mass is 35.5. The van der Waals surface area contributed by atoms with Gasteiger partial charge in [0.05, 0.1) is 36.3 Å². The summed E-state index contributed by atoms with van der Waals surface area (Å²) in [7, 11) is -2.92. The van der Waals surface area contributed by atoms with Crippen molar-refractivity contribution in [1.82, 2.24) is 0 Å². The minimum atomic E-state index is -2.92. The number of carbonyl (C=O) groups excluding carboxylic acids is 1. The zero-order valence-corrected chi connectivity index (χ0v) is 30.1. The number of hydrogen-bond donors (Lipinski definition) is 0. The van der Waals surface area contributed by atoms with Crippen LogP contribution in [0.3, 0.4) is 0 Å². The maximum Gasteiger partial charge on any atom is 0.261 e. The van der Waals surface area contributed by atoms with Crippen LogP contribution in [0.15, 0.2) is 99.9 Å². The van der Waals surface area contributed by atoms with Crippen LogP contribution >= 0.6 is 11.6 Å². The zero-order chi connectivity index (χ0) is 33.8. The van der Waals surface area contributed by atoms with Crippen molar-refractivity contribution in [3.8, 4) is 5.75 Å². The summed E-state index contributed by atoms with van der Waals surface area (Å²) in [5, 5.41) is 6.61. The van der Waals surface area contributed by atoms with Crippen molar-refractivity contribution < 1.29 is 18.8 Å². The molecule has 5 rings (SSSR count). The number of para-hydroxylation sites is 1. The highest BCUT2D eigenvalue weighted by molar-refractivity contribution is 6.99. The molecule has 0 aromatic heterocycles. The van der Waals surface area contributed by atoms with Crippen LogP contribution in [-0.4, -0.2) is 64.5 Å². The first-order chi connectivity index (χ1) is 22.5. The van der Waals surface area contributed by atoms with Gasteiger partial charge >= 0.3 is 0 Å². The van der Waals surface area contributed by atoms with Gasteiger partial charge in [-0.1, -0.05) is 104 Å². The molecule has 1 saturated heterocycles. The highest BCUT2D eigenvalue weighted by Gasteiger charge is 2.51. The van der Waals surface area contributed by atoms with Crippen molar-refractivity contribution in [3.63, 3.8) is 0 Å². The van der Waals surface area contributed by atoms with Crippen molar-refractivity contribution in [2.75, 3.05) is 29.5 Å². The lowest BCUT2D eigenvalue weighted by atomic mass is 10.1. The summed E-state index contributed by atoms with van der Waals surface area (Å²) in [6, 6.07) is 26.4. The number of nitrogens with zero attached hydrogens (tertiary/aromatic N) is 4. The van der Waals surface area contributed by atoms with Gasteiger partial charge in [-0.2, -0.15) is 0 Å². The van der Waals surface area contributed by atoms with Crippen LogP contribution in [0.2, 0.25) is 5.04 Å². The summed E-state index contributed by atoms with van der Waals surface area (Å²) in [6.07, 6.45) is 2.47. The number of ether oxygens (including phenoxy) is 1. The second-order valence-corrected chi connectivity index (χ2v) is 18.1.